The molecule has 0 aliphatic rings. The minimum absolute atomic E-state index is 0.0501. The van der Waals surface area contributed by atoms with Crippen LogP contribution in [0.25, 0.3) is 6.08 Å². The van der Waals surface area contributed by atoms with Crippen LogP contribution in [0.3, 0.4) is 0 Å². The molecule has 0 heterocycles. The smallest absolute Gasteiger partial charge is 0.266 e. The van der Waals surface area contributed by atoms with Crippen LogP contribution in [0.5, 0.6) is 0 Å². The van der Waals surface area contributed by atoms with Crippen molar-refractivity contribution in [3.05, 3.63) is 64.7 Å². The van der Waals surface area contributed by atoms with E-state index in [2.05, 4.69) is 10.2 Å². The molecule has 0 spiro atoms. The van der Waals surface area contributed by atoms with Crippen LogP contribution in [0.1, 0.15) is 23.6 Å². The lowest BCUT2D eigenvalue weighted by Gasteiger charge is -2.22. The zero-order valence-electron chi connectivity index (χ0n) is 16.0. The molecular formula is C22H25N3O2. The van der Waals surface area contributed by atoms with Crippen LogP contribution >= 0.6 is 0 Å². The molecule has 0 aromatic heterocycles. The van der Waals surface area contributed by atoms with Crippen molar-refractivity contribution >= 4 is 23.4 Å². The Morgan fingerprint density at radius 1 is 1.22 bits per heavy atom. The summed E-state index contributed by atoms with van der Waals surface area (Å²) in [6.45, 7) is 7.38. The zero-order valence-corrected chi connectivity index (χ0v) is 16.0. The van der Waals surface area contributed by atoms with Crippen LogP contribution in [-0.2, 0) is 4.79 Å². The van der Waals surface area contributed by atoms with E-state index in [4.69, 9.17) is 5.11 Å². The van der Waals surface area contributed by atoms with Crippen LogP contribution in [0.2, 0.25) is 0 Å². The molecule has 2 N–H and O–H groups in total. The monoisotopic (exact) mass is 363 g/mol. The molecule has 5 nitrogen and oxygen atoms in total. The molecule has 0 aliphatic heterocycles. The van der Waals surface area contributed by atoms with E-state index in [0.717, 1.165) is 28.9 Å². The van der Waals surface area contributed by atoms with E-state index in [1.165, 1.54) is 0 Å². The van der Waals surface area contributed by atoms with Gasteiger partial charge < -0.3 is 15.3 Å². The van der Waals surface area contributed by atoms with Crippen molar-refractivity contribution in [1.82, 2.24) is 0 Å². The van der Waals surface area contributed by atoms with Crippen LogP contribution in [0.4, 0.5) is 11.4 Å². The highest BCUT2D eigenvalue weighted by Crippen LogP contribution is 2.21. The minimum Gasteiger partial charge on any atom is -0.395 e. The molecule has 1 amide bonds. The fourth-order valence-electron chi connectivity index (χ4n) is 2.75. The van der Waals surface area contributed by atoms with Crippen molar-refractivity contribution in [2.24, 2.45) is 0 Å². The number of aliphatic hydroxyl groups excluding tert-OH is 1. The first-order chi connectivity index (χ1) is 13.0. The molecule has 0 unspecified atom stereocenters. The third kappa shape index (κ3) is 5.44. The largest absolute Gasteiger partial charge is 0.395 e. The van der Waals surface area contributed by atoms with E-state index in [1.807, 2.05) is 69.3 Å². The molecule has 0 saturated carbocycles. The predicted octanol–water partition coefficient (Wildman–Crippen LogP) is 3.67. The average Bonchev–Trinajstić information content (AvgIpc) is 2.66. The number of aliphatic hydroxyl groups is 1. The lowest BCUT2D eigenvalue weighted by atomic mass is 10.0. The molecule has 2 aromatic carbocycles. The third-order valence-corrected chi connectivity index (χ3v) is 4.34. The van der Waals surface area contributed by atoms with Gasteiger partial charge in [0, 0.05) is 24.5 Å². The summed E-state index contributed by atoms with van der Waals surface area (Å²) in [5.41, 5.74) is 4.58. The highest BCUT2D eigenvalue weighted by Gasteiger charge is 2.11. The molecule has 27 heavy (non-hydrogen) atoms. The van der Waals surface area contributed by atoms with E-state index in [0.29, 0.717) is 12.2 Å². The lowest BCUT2D eigenvalue weighted by molar-refractivity contribution is -0.112. The number of carbonyl (C=O) groups is 1. The molecule has 0 saturated heterocycles. The number of rotatable bonds is 7. The van der Waals surface area contributed by atoms with Crippen LogP contribution in [0, 0.1) is 25.2 Å². The number of carbonyl (C=O) groups excluding carboxylic acids is 1. The number of nitriles is 1. The first-order valence-corrected chi connectivity index (χ1v) is 8.94. The second-order valence-corrected chi connectivity index (χ2v) is 6.33. The first kappa shape index (κ1) is 20.2. The van der Waals surface area contributed by atoms with Crippen molar-refractivity contribution in [1.29, 1.82) is 5.26 Å². The summed E-state index contributed by atoms with van der Waals surface area (Å²) < 4.78 is 0. The predicted molar refractivity (Wildman–Crippen MR) is 110 cm³/mol. The Morgan fingerprint density at radius 3 is 2.48 bits per heavy atom. The number of likely N-dealkylation sites (N-methyl/N-ethyl adjacent to an activating group) is 1. The molecule has 0 radical (unpaired) electrons. The number of nitrogens with one attached hydrogen (secondary N) is 1. The van der Waals surface area contributed by atoms with Crippen LogP contribution in [0.15, 0.2) is 48.0 Å². The molecule has 2 rings (SSSR count). The van der Waals surface area contributed by atoms with Gasteiger partial charge in [-0.25, -0.2) is 0 Å². The van der Waals surface area contributed by atoms with Gasteiger partial charge in [-0.05, 0) is 62.2 Å². The summed E-state index contributed by atoms with van der Waals surface area (Å²) in [5, 5.41) is 21.3. The fraction of sp³-hybridized carbons (Fsp3) is 0.273. The first-order valence-electron chi connectivity index (χ1n) is 8.94. The topological polar surface area (TPSA) is 76.4 Å². The maximum Gasteiger partial charge on any atom is 0.266 e. The van der Waals surface area contributed by atoms with E-state index in [9.17, 15) is 10.1 Å². The Bertz CT molecular complexity index is 864. The summed E-state index contributed by atoms with van der Waals surface area (Å²) in [6.07, 6.45) is 1.60. The van der Waals surface area contributed by atoms with Gasteiger partial charge in [0.25, 0.3) is 5.91 Å². The van der Waals surface area contributed by atoms with Crippen molar-refractivity contribution in [3.63, 3.8) is 0 Å². The van der Waals surface area contributed by atoms with Gasteiger partial charge in [-0.3, -0.25) is 4.79 Å². The van der Waals surface area contributed by atoms with Gasteiger partial charge in [0.05, 0.1) is 6.61 Å². The van der Waals surface area contributed by atoms with Crippen LogP contribution < -0.4 is 10.2 Å². The Labute approximate surface area is 160 Å². The highest BCUT2D eigenvalue weighted by molar-refractivity contribution is 6.09. The van der Waals surface area contributed by atoms with Gasteiger partial charge in [-0.2, -0.15) is 5.26 Å². The Morgan fingerprint density at radius 2 is 1.93 bits per heavy atom. The summed E-state index contributed by atoms with van der Waals surface area (Å²) in [4.78, 5) is 14.5. The second kappa shape index (κ2) is 9.56. The summed E-state index contributed by atoms with van der Waals surface area (Å²) in [7, 11) is 0. The van der Waals surface area contributed by atoms with Gasteiger partial charge >= 0.3 is 0 Å². The molecule has 0 atom stereocenters. The van der Waals surface area contributed by atoms with Crippen molar-refractivity contribution in [2.75, 3.05) is 29.9 Å². The molecule has 5 heteroatoms. The molecule has 0 aliphatic carbocycles. The van der Waals surface area contributed by atoms with Gasteiger partial charge in [-0.1, -0.05) is 23.8 Å². The second-order valence-electron chi connectivity index (χ2n) is 6.33. The average molecular weight is 363 g/mol. The van der Waals surface area contributed by atoms with Gasteiger partial charge in [0.1, 0.15) is 11.6 Å². The minimum atomic E-state index is -0.430. The van der Waals surface area contributed by atoms with Gasteiger partial charge in [0.15, 0.2) is 0 Å². The summed E-state index contributed by atoms with van der Waals surface area (Å²) >= 11 is 0. The van der Waals surface area contributed by atoms with Crippen molar-refractivity contribution in [2.45, 2.75) is 20.8 Å². The SMILES string of the molecule is CCN(CCO)c1ccc(/C=C(\C#N)C(=O)Nc2ccc(C)cc2)c(C)c1. The molecular weight excluding hydrogens is 338 g/mol. The Kier molecular flexibility index (Phi) is 7.16. The van der Waals surface area contributed by atoms with Crippen molar-refractivity contribution in [3.8, 4) is 6.07 Å². The molecule has 0 fully saturated rings. The maximum atomic E-state index is 12.4. The number of aryl methyl sites for hydroxylation is 2. The standard InChI is InChI=1S/C22H25N3O2/c1-4-25(11-12-26)21-10-7-18(17(3)13-21)14-19(15-23)22(27)24-20-8-5-16(2)6-9-20/h5-10,13-14,26H,4,11-12H2,1-3H3,(H,24,27)/b19-14+. The van der Waals surface area contributed by atoms with E-state index in [1.54, 1.807) is 6.08 Å². The number of anilines is 2. The van der Waals surface area contributed by atoms with Gasteiger partial charge in [0.2, 0.25) is 0 Å². The number of benzene rings is 2. The lowest BCUT2D eigenvalue weighted by Crippen LogP contribution is -2.26. The number of nitrogens with zero attached hydrogens (tertiary/aromatic N) is 2. The van der Waals surface area contributed by atoms with E-state index in [-0.39, 0.29) is 12.2 Å². The van der Waals surface area contributed by atoms with Crippen LogP contribution in [-0.4, -0.2) is 30.7 Å². The van der Waals surface area contributed by atoms with E-state index >= 15 is 0 Å². The quantitative estimate of drug-likeness (QED) is 0.581. The Balaban J connectivity index is 2.22. The molecule has 0 bridgehead atoms. The number of amides is 1. The highest BCUT2D eigenvalue weighted by atomic mass is 16.3. The summed E-state index contributed by atoms with van der Waals surface area (Å²) in [6, 6.07) is 15.2. The summed E-state index contributed by atoms with van der Waals surface area (Å²) in [5.74, 6) is -0.430. The number of hydrogen-bond acceptors (Lipinski definition) is 4. The molecule has 140 valence electrons. The molecule has 2 aromatic rings. The third-order valence-electron chi connectivity index (χ3n) is 4.34. The van der Waals surface area contributed by atoms with Gasteiger partial charge in [-0.15, -0.1) is 0 Å². The normalized spacial score (nSPS) is 11.0. The number of hydrogen-bond donors (Lipinski definition) is 2. The van der Waals surface area contributed by atoms with E-state index < -0.39 is 5.91 Å². The Hall–Kier alpha value is -3.10. The zero-order chi connectivity index (χ0) is 19.8. The maximum absolute atomic E-state index is 12.4. The fourth-order valence-corrected chi connectivity index (χ4v) is 2.75. The van der Waals surface area contributed by atoms with Crippen molar-refractivity contribution < 1.29 is 9.90 Å².